The van der Waals surface area contributed by atoms with Gasteiger partial charge in [0.1, 0.15) is 17.3 Å². The van der Waals surface area contributed by atoms with Gasteiger partial charge in [0, 0.05) is 5.56 Å². The number of carbonyl (C=O) groups is 1. The van der Waals surface area contributed by atoms with E-state index >= 15 is 0 Å². The van der Waals surface area contributed by atoms with Gasteiger partial charge in [-0.1, -0.05) is 59.7 Å². The number of rotatable bonds is 4. The van der Waals surface area contributed by atoms with Crippen LogP contribution in [0.5, 0.6) is 5.75 Å². The quantitative estimate of drug-likeness (QED) is 0.586. The molecule has 1 aliphatic heterocycles. The van der Waals surface area contributed by atoms with Crippen LogP contribution in [0.15, 0.2) is 83.5 Å². The first-order valence-electron chi connectivity index (χ1n) is 9.48. The molecule has 0 spiro atoms. The Balaban J connectivity index is 1.81. The number of carbonyl (C=O) groups excluding carboxylic acids is 1. The Morgan fingerprint density at radius 3 is 2.21 bits per heavy atom. The van der Waals surface area contributed by atoms with Gasteiger partial charge < -0.3 is 4.74 Å². The molecule has 0 aliphatic carbocycles. The van der Waals surface area contributed by atoms with E-state index in [4.69, 9.17) is 9.73 Å². The molecule has 1 heterocycles. The van der Waals surface area contributed by atoms with E-state index in [2.05, 4.69) is 0 Å². The highest BCUT2D eigenvalue weighted by molar-refractivity contribution is 6.33. The molecule has 0 atom stereocenters. The van der Waals surface area contributed by atoms with Crippen molar-refractivity contribution in [2.45, 2.75) is 13.8 Å². The second-order valence-electron chi connectivity index (χ2n) is 7.08. The fraction of sp³-hybridized carbons (Fsp3) is 0.120. The Morgan fingerprint density at radius 1 is 0.897 bits per heavy atom. The largest absolute Gasteiger partial charge is 0.497 e. The average molecular weight is 382 g/mol. The van der Waals surface area contributed by atoms with Crippen LogP contribution in [0.2, 0.25) is 0 Å². The molecule has 0 N–H and O–H groups in total. The number of ether oxygens (including phenoxy) is 1. The monoisotopic (exact) mass is 382 g/mol. The first-order chi connectivity index (χ1) is 14.0. The van der Waals surface area contributed by atoms with Crippen molar-refractivity contribution in [3.63, 3.8) is 0 Å². The Bertz CT molecular complexity index is 1110. The lowest BCUT2D eigenvalue weighted by molar-refractivity contribution is -0.113. The number of methoxy groups -OCH3 is 1. The van der Waals surface area contributed by atoms with Crippen molar-refractivity contribution in [1.29, 1.82) is 0 Å². The molecule has 0 saturated carbocycles. The van der Waals surface area contributed by atoms with E-state index < -0.39 is 0 Å². The van der Waals surface area contributed by atoms with Gasteiger partial charge >= 0.3 is 0 Å². The van der Waals surface area contributed by atoms with Gasteiger partial charge in [0.25, 0.3) is 5.91 Å². The molecule has 144 valence electrons. The van der Waals surface area contributed by atoms with Gasteiger partial charge in [-0.05, 0) is 49.8 Å². The maximum absolute atomic E-state index is 13.3. The molecular weight excluding hydrogens is 360 g/mol. The summed E-state index contributed by atoms with van der Waals surface area (Å²) in [6.45, 7) is 4.07. The lowest BCUT2D eigenvalue weighted by Gasteiger charge is -2.19. The normalized spacial score (nSPS) is 15.0. The van der Waals surface area contributed by atoms with Gasteiger partial charge in [0.15, 0.2) is 0 Å². The highest BCUT2D eigenvalue weighted by Gasteiger charge is 2.32. The lowest BCUT2D eigenvalue weighted by atomic mass is 10.1. The smallest absolute Gasteiger partial charge is 0.282 e. The summed E-state index contributed by atoms with van der Waals surface area (Å²) in [5.74, 6) is 1.23. The highest BCUT2D eigenvalue weighted by atomic mass is 16.5. The fourth-order valence-corrected chi connectivity index (χ4v) is 3.24. The zero-order chi connectivity index (χ0) is 20.4. The number of aryl methyl sites for hydroxylation is 2. The van der Waals surface area contributed by atoms with Gasteiger partial charge in [0.2, 0.25) is 0 Å². The Labute approximate surface area is 170 Å². The van der Waals surface area contributed by atoms with Gasteiger partial charge in [-0.15, -0.1) is 0 Å². The molecule has 0 unspecified atom stereocenters. The SMILES string of the molecule is COc1cccc(/C=C2/N=C(c3ccc(C)cc3)N(c3ccc(C)cc3)C2=O)c1. The molecule has 0 radical (unpaired) electrons. The second kappa shape index (κ2) is 7.76. The van der Waals surface area contributed by atoms with Crippen LogP contribution in [0.1, 0.15) is 22.3 Å². The molecule has 4 rings (SSSR count). The number of nitrogens with zero attached hydrogens (tertiary/aromatic N) is 2. The predicted octanol–water partition coefficient (Wildman–Crippen LogP) is 5.15. The third-order valence-corrected chi connectivity index (χ3v) is 4.86. The van der Waals surface area contributed by atoms with Crippen molar-refractivity contribution >= 4 is 23.5 Å². The first kappa shape index (κ1) is 18.7. The Kier molecular flexibility index (Phi) is 5.00. The van der Waals surface area contributed by atoms with Gasteiger partial charge in [-0.2, -0.15) is 0 Å². The van der Waals surface area contributed by atoms with E-state index in [0.717, 1.165) is 33.7 Å². The Morgan fingerprint density at radius 2 is 1.55 bits per heavy atom. The molecule has 3 aromatic carbocycles. The number of benzene rings is 3. The molecule has 0 bridgehead atoms. The molecule has 29 heavy (non-hydrogen) atoms. The molecule has 4 heteroatoms. The summed E-state index contributed by atoms with van der Waals surface area (Å²) in [5.41, 5.74) is 5.27. The maximum Gasteiger partial charge on any atom is 0.282 e. The summed E-state index contributed by atoms with van der Waals surface area (Å²) in [6, 6.07) is 23.5. The van der Waals surface area contributed by atoms with Gasteiger partial charge in [-0.3, -0.25) is 9.69 Å². The van der Waals surface area contributed by atoms with Crippen LogP contribution >= 0.6 is 0 Å². The minimum atomic E-state index is -0.146. The maximum atomic E-state index is 13.3. The molecule has 0 saturated heterocycles. The van der Waals surface area contributed by atoms with Crippen molar-refractivity contribution in [2.24, 2.45) is 4.99 Å². The van der Waals surface area contributed by atoms with Crippen molar-refractivity contribution in [2.75, 3.05) is 12.0 Å². The van der Waals surface area contributed by atoms with E-state index in [-0.39, 0.29) is 5.91 Å². The summed E-state index contributed by atoms with van der Waals surface area (Å²) in [6.07, 6.45) is 1.80. The number of amidine groups is 1. The van der Waals surface area contributed by atoms with Crippen LogP contribution in [-0.2, 0) is 4.79 Å². The summed E-state index contributed by atoms with van der Waals surface area (Å²) >= 11 is 0. The summed E-state index contributed by atoms with van der Waals surface area (Å²) in [4.78, 5) is 19.7. The molecule has 3 aromatic rings. The molecular formula is C25H22N2O2. The minimum absolute atomic E-state index is 0.146. The fourth-order valence-electron chi connectivity index (χ4n) is 3.24. The summed E-state index contributed by atoms with van der Waals surface area (Å²) < 4.78 is 5.29. The molecule has 1 aliphatic rings. The second-order valence-corrected chi connectivity index (χ2v) is 7.08. The molecule has 0 aromatic heterocycles. The molecule has 0 fully saturated rings. The van der Waals surface area contributed by atoms with Crippen molar-refractivity contribution in [1.82, 2.24) is 0 Å². The first-order valence-corrected chi connectivity index (χ1v) is 9.48. The van der Waals surface area contributed by atoms with Crippen LogP contribution in [-0.4, -0.2) is 18.9 Å². The van der Waals surface area contributed by atoms with Crippen LogP contribution in [0.25, 0.3) is 6.08 Å². The standard InChI is InChI=1S/C25H22N2O2/c1-17-7-11-20(12-8-17)24-26-23(16-19-5-4-6-22(15-19)29-3)25(28)27(24)21-13-9-18(2)10-14-21/h4-16H,1-3H3/b23-16+. The van der Waals surface area contributed by atoms with E-state index in [1.165, 1.54) is 0 Å². The average Bonchev–Trinajstić information content (AvgIpc) is 3.05. The number of hydrogen-bond acceptors (Lipinski definition) is 3. The minimum Gasteiger partial charge on any atom is -0.497 e. The van der Waals surface area contributed by atoms with Crippen LogP contribution < -0.4 is 9.64 Å². The number of amides is 1. The highest BCUT2D eigenvalue weighted by Crippen LogP contribution is 2.28. The van der Waals surface area contributed by atoms with Crippen LogP contribution in [0, 0.1) is 13.8 Å². The van der Waals surface area contributed by atoms with Crippen LogP contribution in [0.3, 0.4) is 0 Å². The molecule has 1 amide bonds. The van der Waals surface area contributed by atoms with E-state index in [1.54, 1.807) is 18.1 Å². The van der Waals surface area contributed by atoms with E-state index in [1.807, 2.05) is 86.6 Å². The van der Waals surface area contributed by atoms with Crippen molar-refractivity contribution < 1.29 is 9.53 Å². The number of hydrogen-bond donors (Lipinski definition) is 0. The van der Waals surface area contributed by atoms with Crippen LogP contribution in [0.4, 0.5) is 5.69 Å². The van der Waals surface area contributed by atoms with Gasteiger partial charge in [0.05, 0.1) is 12.8 Å². The van der Waals surface area contributed by atoms with Crippen molar-refractivity contribution in [3.8, 4) is 5.75 Å². The predicted molar refractivity (Wildman–Crippen MR) is 117 cm³/mol. The van der Waals surface area contributed by atoms with E-state index in [0.29, 0.717) is 11.5 Å². The number of anilines is 1. The zero-order valence-corrected chi connectivity index (χ0v) is 16.7. The lowest BCUT2D eigenvalue weighted by Crippen LogP contribution is -2.32. The number of aliphatic imine (C=N–C) groups is 1. The van der Waals surface area contributed by atoms with Crippen molar-refractivity contribution in [3.05, 3.63) is 101 Å². The van der Waals surface area contributed by atoms with E-state index in [9.17, 15) is 4.79 Å². The third-order valence-electron chi connectivity index (χ3n) is 4.86. The zero-order valence-electron chi connectivity index (χ0n) is 16.7. The summed E-state index contributed by atoms with van der Waals surface area (Å²) in [5, 5.41) is 0. The summed E-state index contributed by atoms with van der Waals surface area (Å²) in [7, 11) is 1.62. The third kappa shape index (κ3) is 3.83. The topological polar surface area (TPSA) is 41.9 Å². The molecule has 4 nitrogen and oxygen atoms in total. The van der Waals surface area contributed by atoms with Gasteiger partial charge in [-0.25, -0.2) is 4.99 Å². The Hall–Kier alpha value is -3.66.